The van der Waals surface area contributed by atoms with Gasteiger partial charge in [-0.1, -0.05) is 32.0 Å². The van der Waals surface area contributed by atoms with Crippen molar-refractivity contribution in [3.63, 3.8) is 0 Å². The molecule has 30 heavy (non-hydrogen) atoms. The average Bonchev–Trinajstić information content (AvgIpc) is 2.95. The number of nitrogens with one attached hydrogen (secondary N) is 1. The van der Waals surface area contributed by atoms with Crippen LogP contribution in [0.25, 0.3) is 10.9 Å². The van der Waals surface area contributed by atoms with Crippen LogP contribution in [-0.2, 0) is 16.6 Å². The van der Waals surface area contributed by atoms with Gasteiger partial charge in [-0.3, -0.25) is 0 Å². The summed E-state index contributed by atoms with van der Waals surface area (Å²) in [5.41, 5.74) is 2.45. The zero-order valence-electron chi connectivity index (χ0n) is 16.8. The molecule has 0 atom stereocenters. The highest BCUT2D eigenvalue weighted by molar-refractivity contribution is 7.89. The van der Waals surface area contributed by atoms with Crippen molar-refractivity contribution in [1.29, 1.82) is 0 Å². The van der Waals surface area contributed by atoms with Gasteiger partial charge in [0.25, 0.3) is 0 Å². The fraction of sp³-hybridized carbons (Fsp3) is 0.250. The second-order valence-electron chi connectivity index (χ2n) is 7.02. The van der Waals surface area contributed by atoms with Crippen LogP contribution in [0.15, 0.2) is 57.6 Å². The van der Waals surface area contributed by atoms with Crippen LogP contribution < -0.4 is 10.5 Å². The van der Waals surface area contributed by atoms with Gasteiger partial charge in [0.2, 0.25) is 21.0 Å². The van der Waals surface area contributed by atoms with Crippen LogP contribution in [0, 0.1) is 0 Å². The smallest absolute Gasteiger partial charge is 0.240 e. The molecule has 0 fully saturated rings. The van der Waals surface area contributed by atoms with Gasteiger partial charge in [-0.2, -0.15) is 0 Å². The van der Waals surface area contributed by atoms with Crippen LogP contribution in [-0.4, -0.2) is 23.2 Å². The van der Waals surface area contributed by atoms with Gasteiger partial charge in [-0.05, 0) is 54.9 Å². The number of benzene rings is 2. The number of hydrogen-bond donors (Lipinski definition) is 3. The lowest BCUT2D eigenvalue weighted by atomic mass is 10.0. The van der Waals surface area contributed by atoms with Crippen molar-refractivity contribution in [2.75, 3.05) is 5.32 Å². The highest BCUT2D eigenvalue weighted by atomic mass is 32.2. The van der Waals surface area contributed by atoms with E-state index in [4.69, 9.17) is 17.4 Å². The minimum Gasteiger partial charge on any atom is -0.493 e. The fourth-order valence-corrected chi connectivity index (χ4v) is 4.02. The maximum absolute atomic E-state index is 11.7. The number of para-hydroxylation sites is 1. The standard InChI is InChI=1S/C20H23N5O3S2/c1-4-25-16-10-9-13(12(2)3)11-14(16)18(19(25)26)23-24-20(29)22-15-7-5-6-8-17(15)30(21,27)28/h5-12,26H,4H2,1-3H3,(H,22,29)(H2,21,27,28). The number of sulfonamides is 1. The maximum atomic E-state index is 11.7. The summed E-state index contributed by atoms with van der Waals surface area (Å²) >= 11 is 5.19. The van der Waals surface area contributed by atoms with Crippen molar-refractivity contribution in [3.05, 3.63) is 48.0 Å². The Labute approximate surface area is 180 Å². The molecule has 0 aliphatic rings. The van der Waals surface area contributed by atoms with Gasteiger partial charge in [-0.25, -0.2) is 13.6 Å². The van der Waals surface area contributed by atoms with E-state index in [1.54, 1.807) is 16.7 Å². The molecule has 0 saturated carbocycles. The Hall–Kier alpha value is -2.82. The van der Waals surface area contributed by atoms with E-state index in [-0.39, 0.29) is 21.6 Å². The summed E-state index contributed by atoms with van der Waals surface area (Å²) in [6.07, 6.45) is 0. The van der Waals surface area contributed by atoms with Crippen LogP contribution in [0.5, 0.6) is 5.88 Å². The molecule has 158 valence electrons. The molecule has 2 aromatic carbocycles. The number of anilines is 1. The summed E-state index contributed by atoms with van der Waals surface area (Å²) in [5.74, 6) is 0.300. The van der Waals surface area contributed by atoms with Crippen LogP contribution in [0.1, 0.15) is 32.3 Å². The second kappa shape index (κ2) is 8.50. The number of primary sulfonamides is 1. The monoisotopic (exact) mass is 445 g/mol. The molecule has 0 aliphatic heterocycles. The summed E-state index contributed by atoms with van der Waals surface area (Å²) in [6.45, 7) is 6.65. The zero-order valence-corrected chi connectivity index (χ0v) is 18.5. The maximum Gasteiger partial charge on any atom is 0.240 e. The van der Waals surface area contributed by atoms with Crippen LogP contribution >= 0.6 is 12.2 Å². The molecule has 1 aromatic heterocycles. The number of nitrogens with zero attached hydrogens (tertiary/aromatic N) is 3. The van der Waals surface area contributed by atoms with Gasteiger partial charge in [0.05, 0.1) is 11.2 Å². The SMILES string of the molecule is CCn1c(O)c(N=NC(=S)Nc2ccccc2S(N)(=O)=O)c2cc(C(C)C)ccc21. The van der Waals surface area contributed by atoms with Gasteiger partial charge in [0, 0.05) is 11.9 Å². The molecule has 0 spiro atoms. The number of aryl methyl sites for hydroxylation is 1. The van der Waals surface area contributed by atoms with E-state index in [2.05, 4.69) is 29.4 Å². The quantitative estimate of drug-likeness (QED) is 0.391. The van der Waals surface area contributed by atoms with Crippen LogP contribution in [0.4, 0.5) is 11.4 Å². The van der Waals surface area contributed by atoms with Crippen molar-refractivity contribution < 1.29 is 13.5 Å². The Balaban J connectivity index is 1.97. The first-order valence-electron chi connectivity index (χ1n) is 9.33. The number of fused-ring (bicyclic) bond motifs is 1. The van der Waals surface area contributed by atoms with Gasteiger partial charge in [0.15, 0.2) is 5.69 Å². The molecule has 3 aromatic rings. The van der Waals surface area contributed by atoms with Crippen molar-refractivity contribution in [2.24, 2.45) is 15.4 Å². The average molecular weight is 446 g/mol. The molecule has 1 heterocycles. The zero-order chi connectivity index (χ0) is 22.1. The summed E-state index contributed by atoms with van der Waals surface area (Å²) in [6, 6.07) is 12.0. The normalized spacial score (nSPS) is 12.2. The van der Waals surface area contributed by atoms with E-state index in [0.717, 1.165) is 16.5 Å². The first-order valence-corrected chi connectivity index (χ1v) is 11.3. The second-order valence-corrected chi connectivity index (χ2v) is 8.94. The molecule has 0 unspecified atom stereocenters. The van der Waals surface area contributed by atoms with Crippen LogP contribution in [0.3, 0.4) is 0 Å². The number of thiocarbonyl (C=S) groups is 1. The molecule has 3 rings (SSSR count). The lowest BCUT2D eigenvalue weighted by molar-refractivity contribution is 0.427. The Morgan fingerprint density at radius 3 is 2.60 bits per heavy atom. The molecule has 0 bridgehead atoms. The highest BCUT2D eigenvalue weighted by Gasteiger charge is 2.18. The number of rotatable bonds is 5. The van der Waals surface area contributed by atoms with Gasteiger partial charge < -0.3 is 15.0 Å². The lowest BCUT2D eigenvalue weighted by Crippen LogP contribution is -2.16. The van der Waals surface area contributed by atoms with Gasteiger partial charge >= 0.3 is 0 Å². The van der Waals surface area contributed by atoms with E-state index in [9.17, 15) is 13.5 Å². The third kappa shape index (κ3) is 4.35. The summed E-state index contributed by atoms with van der Waals surface area (Å²) in [5, 5.41) is 27.4. The topological polar surface area (TPSA) is 122 Å². The van der Waals surface area contributed by atoms with E-state index < -0.39 is 10.0 Å². The Morgan fingerprint density at radius 2 is 1.97 bits per heavy atom. The summed E-state index contributed by atoms with van der Waals surface area (Å²) in [4.78, 5) is -0.102. The molecule has 0 amide bonds. The molecule has 4 N–H and O–H groups in total. The van der Waals surface area contributed by atoms with Crippen LogP contribution in [0.2, 0.25) is 0 Å². The molecule has 0 radical (unpaired) electrons. The van der Waals surface area contributed by atoms with Crippen molar-refractivity contribution in [3.8, 4) is 5.88 Å². The summed E-state index contributed by atoms with van der Waals surface area (Å²) < 4.78 is 25.2. The molecule has 8 nitrogen and oxygen atoms in total. The molecule has 0 saturated heterocycles. The lowest BCUT2D eigenvalue weighted by Gasteiger charge is -2.08. The minimum absolute atomic E-state index is 0.00936. The first kappa shape index (κ1) is 21.9. The Kier molecular flexibility index (Phi) is 6.20. The van der Waals surface area contributed by atoms with E-state index in [1.165, 1.54) is 12.1 Å². The third-order valence-corrected chi connectivity index (χ3v) is 5.85. The van der Waals surface area contributed by atoms with E-state index in [0.29, 0.717) is 18.2 Å². The Bertz CT molecular complexity index is 1250. The third-order valence-electron chi connectivity index (χ3n) is 4.69. The first-order chi connectivity index (χ1) is 14.1. The highest BCUT2D eigenvalue weighted by Crippen LogP contribution is 2.40. The fourth-order valence-electron chi connectivity index (χ4n) is 3.17. The van der Waals surface area contributed by atoms with Crippen molar-refractivity contribution in [2.45, 2.75) is 38.1 Å². The minimum atomic E-state index is -3.93. The molecule has 0 aliphatic carbocycles. The predicted octanol–water partition coefficient (Wildman–Crippen LogP) is 4.62. The number of hydrogen-bond acceptors (Lipinski definition) is 5. The van der Waals surface area contributed by atoms with Crippen molar-refractivity contribution in [1.82, 2.24) is 4.57 Å². The molecule has 10 heteroatoms. The van der Waals surface area contributed by atoms with Crippen molar-refractivity contribution >= 4 is 49.6 Å². The number of azo groups is 1. The number of aromatic nitrogens is 1. The molecular weight excluding hydrogens is 422 g/mol. The summed E-state index contributed by atoms with van der Waals surface area (Å²) in [7, 11) is -3.93. The van der Waals surface area contributed by atoms with E-state index in [1.807, 2.05) is 25.1 Å². The number of nitrogens with two attached hydrogens (primary N) is 1. The number of aromatic hydroxyl groups is 1. The van der Waals surface area contributed by atoms with Gasteiger partial charge in [0.1, 0.15) is 4.90 Å². The molecular formula is C20H23N5O3S2. The van der Waals surface area contributed by atoms with E-state index >= 15 is 0 Å². The largest absolute Gasteiger partial charge is 0.493 e. The predicted molar refractivity (Wildman–Crippen MR) is 122 cm³/mol. The van der Waals surface area contributed by atoms with Gasteiger partial charge in [-0.15, -0.1) is 10.2 Å². The Morgan fingerprint density at radius 1 is 1.27 bits per heavy atom.